The van der Waals surface area contributed by atoms with E-state index in [1.807, 2.05) is 32.0 Å². The molecule has 1 aromatic rings. The Bertz CT molecular complexity index is 516. The van der Waals surface area contributed by atoms with Crippen LogP contribution in [0.3, 0.4) is 0 Å². The Hall–Kier alpha value is -1.36. The quantitative estimate of drug-likeness (QED) is 0.908. The molecular weight excluding hydrogens is 308 g/mol. The van der Waals surface area contributed by atoms with Gasteiger partial charge in [0.25, 0.3) is 0 Å². The molecule has 2 amide bonds. The number of anilines is 1. The van der Waals surface area contributed by atoms with E-state index < -0.39 is 6.04 Å². The predicted octanol–water partition coefficient (Wildman–Crippen LogP) is 2.39. The van der Waals surface area contributed by atoms with Crippen LogP contribution in [0.2, 0.25) is 0 Å². The van der Waals surface area contributed by atoms with E-state index in [-0.39, 0.29) is 11.8 Å². The largest absolute Gasteiger partial charge is 0.344 e. The minimum atomic E-state index is -0.428. The molecule has 1 saturated heterocycles. The molecule has 1 aliphatic heterocycles. The number of nitrogens with zero attached hydrogens (tertiary/aromatic N) is 1. The number of halogens is 1. The van der Waals surface area contributed by atoms with Crippen molar-refractivity contribution in [3.05, 3.63) is 28.2 Å². The van der Waals surface area contributed by atoms with Crippen molar-refractivity contribution < 1.29 is 9.59 Å². The topological polar surface area (TPSA) is 49.4 Å². The highest BCUT2D eigenvalue weighted by molar-refractivity contribution is 9.10. The fourth-order valence-electron chi connectivity index (χ4n) is 2.20. The van der Waals surface area contributed by atoms with E-state index in [2.05, 4.69) is 21.2 Å². The van der Waals surface area contributed by atoms with Crippen LogP contribution in [0.25, 0.3) is 0 Å². The lowest BCUT2D eigenvalue weighted by molar-refractivity contribution is -0.125. The van der Waals surface area contributed by atoms with E-state index in [0.29, 0.717) is 19.4 Å². The number of amides is 2. The third-order valence-corrected chi connectivity index (χ3v) is 4.36. The number of benzene rings is 1. The van der Waals surface area contributed by atoms with Gasteiger partial charge in [0.05, 0.1) is 5.69 Å². The van der Waals surface area contributed by atoms with Crippen LogP contribution in [0.15, 0.2) is 22.7 Å². The molecule has 1 N–H and O–H groups in total. The summed E-state index contributed by atoms with van der Waals surface area (Å²) in [5.74, 6) is -0.105. The van der Waals surface area contributed by atoms with E-state index in [1.165, 1.54) is 0 Å². The minimum absolute atomic E-state index is 0.0420. The average Bonchev–Trinajstić information content (AvgIpc) is 2.53. The van der Waals surface area contributed by atoms with Gasteiger partial charge in [0, 0.05) is 17.4 Å². The van der Waals surface area contributed by atoms with E-state index in [9.17, 15) is 9.59 Å². The second-order valence-corrected chi connectivity index (χ2v) is 5.47. The van der Waals surface area contributed by atoms with Gasteiger partial charge in [-0.2, -0.15) is 0 Å². The Labute approximate surface area is 121 Å². The molecule has 1 aromatic carbocycles. The van der Waals surface area contributed by atoms with Gasteiger partial charge in [0.15, 0.2) is 0 Å². The zero-order valence-electron chi connectivity index (χ0n) is 11.1. The van der Waals surface area contributed by atoms with Crippen molar-refractivity contribution >= 4 is 33.4 Å². The van der Waals surface area contributed by atoms with Gasteiger partial charge >= 0.3 is 0 Å². The van der Waals surface area contributed by atoms with Gasteiger partial charge in [-0.3, -0.25) is 9.59 Å². The summed E-state index contributed by atoms with van der Waals surface area (Å²) < 4.78 is 0.910. The Kier molecular flexibility index (Phi) is 4.24. The maximum absolute atomic E-state index is 12.5. The average molecular weight is 325 g/mol. The molecule has 1 atom stereocenters. The molecule has 0 radical (unpaired) electrons. The zero-order chi connectivity index (χ0) is 14.0. The molecule has 5 heteroatoms. The van der Waals surface area contributed by atoms with Crippen LogP contribution in [-0.4, -0.2) is 24.4 Å². The van der Waals surface area contributed by atoms with Crippen molar-refractivity contribution in [3.63, 3.8) is 0 Å². The molecule has 0 bridgehead atoms. The summed E-state index contributed by atoms with van der Waals surface area (Å²) in [7, 11) is 0. The summed E-state index contributed by atoms with van der Waals surface area (Å²) in [6, 6.07) is 5.38. The fraction of sp³-hybridized carbons (Fsp3) is 0.429. The fourth-order valence-corrected chi connectivity index (χ4v) is 2.67. The molecule has 0 aromatic heterocycles. The van der Waals surface area contributed by atoms with E-state index >= 15 is 0 Å². The van der Waals surface area contributed by atoms with Crippen LogP contribution in [0.1, 0.15) is 25.3 Å². The van der Waals surface area contributed by atoms with Crippen molar-refractivity contribution in [2.24, 2.45) is 0 Å². The summed E-state index contributed by atoms with van der Waals surface area (Å²) in [6.45, 7) is 4.30. The first kappa shape index (κ1) is 14.1. The van der Waals surface area contributed by atoms with Crippen molar-refractivity contribution in [1.29, 1.82) is 0 Å². The lowest BCUT2D eigenvalue weighted by Crippen LogP contribution is -2.44. The Morgan fingerprint density at radius 3 is 2.84 bits per heavy atom. The van der Waals surface area contributed by atoms with Crippen molar-refractivity contribution in [2.75, 3.05) is 11.4 Å². The molecule has 0 aliphatic carbocycles. The van der Waals surface area contributed by atoms with Crippen LogP contribution >= 0.6 is 15.9 Å². The summed E-state index contributed by atoms with van der Waals surface area (Å²) in [6.07, 6.45) is 0.938. The SMILES string of the molecule is CCC1NC(=O)CCN(c2cccc(C)c2Br)C1=O. The Morgan fingerprint density at radius 2 is 2.16 bits per heavy atom. The molecule has 4 nitrogen and oxygen atoms in total. The van der Waals surface area contributed by atoms with Gasteiger partial charge < -0.3 is 10.2 Å². The van der Waals surface area contributed by atoms with Crippen LogP contribution in [0.5, 0.6) is 0 Å². The summed E-state index contributed by atoms with van der Waals surface area (Å²) in [5.41, 5.74) is 1.90. The Balaban J connectivity index is 2.39. The van der Waals surface area contributed by atoms with Crippen molar-refractivity contribution in [1.82, 2.24) is 5.32 Å². The van der Waals surface area contributed by atoms with Gasteiger partial charge in [0.2, 0.25) is 11.8 Å². The highest BCUT2D eigenvalue weighted by Gasteiger charge is 2.30. The maximum atomic E-state index is 12.5. The molecule has 0 saturated carbocycles. The summed E-state index contributed by atoms with van der Waals surface area (Å²) in [4.78, 5) is 25.8. The van der Waals surface area contributed by atoms with Gasteiger partial charge in [-0.15, -0.1) is 0 Å². The highest BCUT2D eigenvalue weighted by Crippen LogP contribution is 2.30. The predicted molar refractivity (Wildman–Crippen MR) is 78.1 cm³/mol. The maximum Gasteiger partial charge on any atom is 0.249 e. The van der Waals surface area contributed by atoms with Gasteiger partial charge in [-0.25, -0.2) is 0 Å². The number of carbonyl (C=O) groups excluding carboxylic acids is 2. The van der Waals surface area contributed by atoms with Crippen LogP contribution in [-0.2, 0) is 9.59 Å². The first-order valence-corrected chi connectivity index (χ1v) is 7.19. The van der Waals surface area contributed by atoms with Crippen LogP contribution in [0, 0.1) is 6.92 Å². The highest BCUT2D eigenvalue weighted by atomic mass is 79.9. The molecule has 1 fully saturated rings. The summed E-state index contributed by atoms with van der Waals surface area (Å²) >= 11 is 3.53. The number of nitrogens with one attached hydrogen (secondary N) is 1. The van der Waals surface area contributed by atoms with E-state index in [0.717, 1.165) is 15.7 Å². The molecule has 2 rings (SSSR count). The Morgan fingerprint density at radius 1 is 1.42 bits per heavy atom. The van der Waals surface area contributed by atoms with Crippen LogP contribution in [0.4, 0.5) is 5.69 Å². The van der Waals surface area contributed by atoms with Crippen molar-refractivity contribution in [2.45, 2.75) is 32.7 Å². The van der Waals surface area contributed by atoms with Gasteiger partial charge in [-0.05, 0) is 40.9 Å². The smallest absolute Gasteiger partial charge is 0.249 e. The first-order valence-electron chi connectivity index (χ1n) is 6.40. The number of carbonyl (C=O) groups is 2. The molecular formula is C14H17BrN2O2. The second-order valence-electron chi connectivity index (χ2n) is 4.68. The van der Waals surface area contributed by atoms with E-state index in [4.69, 9.17) is 0 Å². The van der Waals surface area contributed by atoms with E-state index in [1.54, 1.807) is 4.90 Å². The molecule has 19 heavy (non-hydrogen) atoms. The standard InChI is InChI=1S/C14H17BrN2O2/c1-3-10-14(19)17(8-7-12(18)16-10)11-6-4-5-9(2)13(11)15/h4-6,10H,3,7-8H2,1-2H3,(H,16,18). The number of rotatable bonds is 2. The monoisotopic (exact) mass is 324 g/mol. The third-order valence-electron chi connectivity index (χ3n) is 3.33. The molecule has 1 heterocycles. The number of hydrogen-bond acceptors (Lipinski definition) is 2. The molecule has 1 aliphatic rings. The third kappa shape index (κ3) is 2.81. The normalized spacial score (nSPS) is 20.2. The molecule has 102 valence electrons. The molecule has 0 spiro atoms. The van der Waals surface area contributed by atoms with Gasteiger partial charge in [0.1, 0.15) is 6.04 Å². The lowest BCUT2D eigenvalue weighted by Gasteiger charge is -2.25. The minimum Gasteiger partial charge on any atom is -0.344 e. The lowest BCUT2D eigenvalue weighted by atomic mass is 10.1. The van der Waals surface area contributed by atoms with Gasteiger partial charge in [-0.1, -0.05) is 19.1 Å². The number of hydrogen-bond donors (Lipinski definition) is 1. The molecule has 1 unspecified atom stereocenters. The first-order chi connectivity index (χ1) is 9.04. The number of aryl methyl sites for hydroxylation is 1. The zero-order valence-corrected chi connectivity index (χ0v) is 12.7. The summed E-state index contributed by atoms with van der Waals surface area (Å²) in [5, 5.41) is 2.77. The van der Waals surface area contributed by atoms with Crippen molar-refractivity contribution in [3.8, 4) is 0 Å². The second kappa shape index (κ2) is 5.74. The van der Waals surface area contributed by atoms with Crippen LogP contribution < -0.4 is 10.2 Å².